The lowest BCUT2D eigenvalue weighted by Gasteiger charge is -2.20. The van der Waals surface area contributed by atoms with Gasteiger partial charge in [0.1, 0.15) is 0 Å². The monoisotopic (exact) mass is 208 g/mol. The van der Waals surface area contributed by atoms with E-state index >= 15 is 0 Å². The Morgan fingerprint density at radius 1 is 1.33 bits per heavy atom. The quantitative estimate of drug-likeness (QED) is 0.736. The smallest absolute Gasteiger partial charge is 0.0355 e. The topological polar surface area (TPSA) is 17.0 Å². The van der Waals surface area contributed by atoms with Crippen molar-refractivity contribution in [3.63, 3.8) is 0 Å². The predicted octanol–water partition coefficient (Wildman–Crippen LogP) is 3.13. The Morgan fingerprint density at radius 2 is 2.07 bits per heavy atom. The first kappa shape index (κ1) is 12.3. The first-order valence-corrected chi connectivity index (χ1v) is 5.92. The Kier molecular flexibility index (Phi) is 4.40. The van der Waals surface area contributed by atoms with Gasteiger partial charge in [0.15, 0.2) is 0 Å². The average molecular weight is 208 g/mol. The highest BCUT2D eigenvalue weighted by Gasteiger charge is 2.11. The minimum Gasteiger partial charge on any atom is -0.349 e. The highest BCUT2D eigenvalue weighted by atomic mass is 15.0. The second kappa shape index (κ2) is 5.36. The van der Waals surface area contributed by atoms with E-state index in [0.29, 0.717) is 0 Å². The molecule has 1 aromatic heterocycles. The molecule has 15 heavy (non-hydrogen) atoms. The molecule has 1 N–H and O–H groups in total. The third-order valence-corrected chi connectivity index (χ3v) is 2.56. The summed E-state index contributed by atoms with van der Waals surface area (Å²) in [5, 5.41) is 3.45. The normalized spacial score (nSPS) is 12.0. The fraction of sp³-hybridized carbons (Fsp3) is 0.692. The first-order chi connectivity index (χ1) is 7.04. The fourth-order valence-corrected chi connectivity index (χ4v) is 1.50. The van der Waals surface area contributed by atoms with E-state index in [-0.39, 0.29) is 5.54 Å². The van der Waals surface area contributed by atoms with Crippen molar-refractivity contribution < 1.29 is 0 Å². The predicted molar refractivity (Wildman–Crippen MR) is 66.0 cm³/mol. The van der Waals surface area contributed by atoms with Crippen molar-refractivity contribution in [2.24, 2.45) is 0 Å². The average Bonchev–Trinajstić information content (AvgIpc) is 2.60. The number of hydrogen-bond acceptors (Lipinski definition) is 1. The van der Waals surface area contributed by atoms with Crippen molar-refractivity contribution >= 4 is 0 Å². The molecule has 0 aliphatic carbocycles. The van der Waals surface area contributed by atoms with Gasteiger partial charge < -0.3 is 9.88 Å². The molecule has 0 saturated carbocycles. The van der Waals surface area contributed by atoms with E-state index < -0.39 is 0 Å². The zero-order valence-corrected chi connectivity index (χ0v) is 10.5. The van der Waals surface area contributed by atoms with Crippen LogP contribution in [0, 0.1) is 0 Å². The van der Waals surface area contributed by atoms with Crippen LogP contribution in [-0.4, -0.2) is 11.1 Å². The van der Waals surface area contributed by atoms with Gasteiger partial charge in [-0.3, -0.25) is 0 Å². The molecule has 0 bridgehead atoms. The number of nitrogens with one attached hydrogen (secondary N) is 1. The summed E-state index contributed by atoms with van der Waals surface area (Å²) in [6.45, 7) is 11.0. The van der Waals surface area contributed by atoms with Crippen LogP contribution in [0.4, 0.5) is 0 Å². The second-order valence-corrected chi connectivity index (χ2v) is 5.13. The van der Waals surface area contributed by atoms with Gasteiger partial charge >= 0.3 is 0 Å². The van der Waals surface area contributed by atoms with Crippen LogP contribution < -0.4 is 5.32 Å². The highest BCUT2D eigenvalue weighted by Crippen LogP contribution is 2.15. The molecular weight excluding hydrogens is 184 g/mol. The van der Waals surface area contributed by atoms with Gasteiger partial charge in [0.2, 0.25) is 0 Å². The van der Waals surface area contributed by atoms with E-state index in [1.807, 2.05) is 0 Å². The van der Waals surface area contributed by atoms with Crippen LogP contribution >= 0.6 is 0 Å². The van der Waals surface area contributed by atoms with Crippen molar-refractivity contribution in [3.05, 3.63) is 24.0 Å². The maximum atomic E-state index is 3.45. The Labute approximate surface area is 93.7 Å². The van der Waals surface area contributed by atoms with Crippen LogP contribution in [-0.2, 0) is 12.1 Å². The summed E-state index contributed by atoms with van der Waals surface area (Å²) in [5.74, 6) is 0. The molecule has 0 atom stereocenters. The molecule has 1 heterocycles. The van der Waals surface area contributed by atoms with E-state index in [2.05, 4.69) is 56.0 Å². The third-order valence-electron chi connectivity index (χ3n) is 2.56. The first-order valence-electron chi connectivity index (χ1n) is 5.92. The zero-order chi connectivity index (χ0) is 11.3. The molecule has 2 heteroatoms. The van der Waals surface area contributed by atoms with Crippen LogP contribution in [0.1, 0.15) is 46.1 Å². The fourth-order valence-electron chi connectivity index (χ4n) is 1.50. The molecule has 0 saturated heterocycles. The summed E-state index contributed by atoms with van der Waals surface area (Å²) < 4.78 is 2.27. The van der Waals surface area contributed by atoms with Crippen LogP contribution in [0.25, 0.3) is 0 Å². The Bertz CT molecular complexity index is 281. The maximum Gasteiger partial charge on any atom is 0.0355 e. The van der Waals surface area contributed by atoms with Gasteiger partial charge in [-0.25, -0.2) is 0 Å². The van der Waals surface area contributed by atoms with Gasteiger partial charge in [-0.15, -0.1) is 0 Å². The number of unbranched alkanes of at least 4 members (excludes halogenated alkanes) is 1. The van der Waals surface area contributed by atoms with Gasteiger partial charge in [0, 0.05) is 24.5 Å². The van der Waals surface area contributed by atoms with Crippen LogP contribution in [0.2, 0.25) is 0 Å². The molecule has 0 aliphatic heterocycles. The zero-order valence-electron chi connectivity index (χ0n) is 10.5. The van der Waals surface area contributed by atoms with Gasteiger partial charge in [0.05, 0.1) is 0 Å². The van der Waals surface area contributed by atoms with Crippen molar-refractivity contribution in [1.82, 2.24) is 9.88 Å². The lowest BCUT2D eigenvalue weighted by atomic mass is 10.1. The summed E-state index contributed by atoms with van der Waals surface area (Å²) in [7, 11) is 0. The van der Waals surface area contributed by atoms with Gasteiger partial charge in [-0.05, 0) is 45.4 Å². The number of aromatic nitrogens is 1. The molecule has 0 spiro atoms. The Balaban J connectivity index is 2.40. The van der Waals surface area contributed by atoms with Gasteiger partial charge in [0.25, 0.3) is 0 Å². The van der Waals surface area contributed by atoms with Crippen LogP contribution in [0.5, 0.6) is 0 Å². The van der Waals surface area contributed by atoms with Crippen molar-refractivity contribution in [2.45, 2.75) is 52.6 Å². The summed E-state index contributed by atoms with van der Waals surface area (Å²) in [6.07, 6.45) is 6.92. The highest BCUT2D eigenvalue weighted by molar-refractivity contribution is 5.11. The third kappa shape index (κ3) is 4.08. The van der Waals surface area contributed by atoms with E-state index in [9.17, 15) is 0 Å². The van der Waals surface area contributed by atoms with E-state index in [4.69, 9.17) is 0 Å². The summed E-state index contributed by atoms with van der Waals surface area (Å²) in [5.41, 5.74) is 1.57. The van der Waals surface area contributed by atoms with E-state index in [0.717, 1.165) is 13.1 Å². The number of hydrogen-bond donors (Lipinski definition) is 1. The molecule has 1 rings (SSSR count). The Hall–Kier alpha value is -0.760. The molecule has 0 fully saturated rings. The Morgan fingerprint density at radius 3 is 2.60 bits per heavy atom. The second-order valence-electron chi connectivity index (χ2n) is 5.13. The van der Waals surface area contributed by atoms with Crippen LogP contribution in [0.3, 0.4) is 0 Å². The van der Waals surface area contributed by atoms with Crippen molar-refractivity contribution in [3.8, 4) is 0 Å². The largest absolute Gasteiger partial charge is 0.349 e. The minimum atomic E-state index is 0.196. The van der Waals surface area contributed by atoms with Crippen LogP contribution in [0.15, 0.2) is 18.5 Å². The molecule has 86 valence electrons. The molecule has 0 unspecified atom stereocenters. The maximum absolute atomic E-state index is 3.45. The summed E-state index contributed by atoms with van der Waals surface area (Å²) in [4.78, 5) is 0. The molecule has 1 aromatic rings. The summed E-state index contributed by atoms with van der Waals surface area (Å²) in [6, 6.07) is 2.20. The molecule has 0 aliphatic rings. The SMILES string of the molecule is CCCCNCc1ccn(C(C)(C)C)c1. The minimum absolute atomic E-state index is 0.196. The molecular formula is C13H24N2. The number of nitrogens with zero attached hydrogens (tertiary/aromatic N) is 1. The standard InChI is InChI=1S/C13H24N2/c1-5-6-8-14-10-12-7-9-15(11-12)13(2,3)4/h7,9,11,14H,5-6,8,10H2,1-4H3. The number of rotatable bonds is 5. The van der Waals surface area contributed by atoms with E-state index in [1.165, 1.54) is 18.4 Å². The lowest BCUT2D eigenvalue weighted by Crippen LogP contribution is -2.20. The summed E-state index contributed by atoms with van der Waals surface area (Å²) >= 11 is 0. The molecule has 0 radical (unpaired) electrons. The van der Waals surface area contributed by atoms with E-state index in [1.54, 1.807) is 0 Å². The molecule has 2 nitrogen and oxygen atoms in total. The lowest BCUT2D eigenvalue weighted by molar-refractivity contribution is 0.397. The van der Waals surface area contributed by atoms with Gasteiger partial charge in [-0.2, -0.15) is 0 Å². The van der Waals surface area contributed by atoms with Crippen molar-refractivity contribution in [2.75, 3.05) is 6.54 Å². The van der Waals surface area contributed by atoms with Crippen molar-refractivity contribution in [1.29, 1.82) is 0 Å². The molecule has 0 aromatic carbocycles. The molecule has 0 amide bonds. The van der Waals surface area contributed by atoms with Gasteiger partial charge in [-0.1, -0.05) is 13.3 Å².